The number of hydrogen-bond donors (Lipinski definition) is 0. The van der Waals surface area contributed by atoms with Crippen LogP contribution >= 0.6 is 11.3 Å². The number of thiophene rings is 1. The number of benzene rings is 1. The zero-order valence-electron chi connectivity index (χ0n) is 11.3. The van der Waals surface area contributed by atoms with E-state index in [9.17, 15) is 4.79 Å². The van der Waals surface area contributed by atoms with Crippen molar-refractivity contribution >= 4 is 27.3 Å². The SMILES string of the molecule is CCN(C(=O)c1cc2ccccc2s1)C1CCCC1. The molecular weight excluding hydrogens is 254 g/mol. The van der Waals surface area contributed by atoms with Gasteiger partial charge in [-0.25, -0.2) is 0 Å². The molecule has 100 valence electrons. The third-order valence-corrected chi connectivity index (χ3v) is 5.11. The average Bonchev–Trinajstić information content (AvgIpc) is 3.08. The Morgan fingerprint density at radius 2 is 2.05 bits per heavy atom. The molecule has 2 aromatic rings. The molecule has 1 heterocycles. The summed E-state index contributed by atoms with van der Waals surface area (Å²) in [5.41, 5.74) is 0. The van der Waals surface area contributed by atoms with E-state index in [0.29, 0.717) is 6.04 Å². The van der Waals surface area contributed by atoms with Gasteiger partial charge in [0, 0.05) is 17.3 Å². The van der Waals surface area contributed by atoms with Crippen molar-refractivity contribution in [2.75, 3.05) is 6.54 Å². The summed E-state index contributed by atoms with van der Waals surface area (Å²) in [6.45, 7) is 2.90. The van der Waals surface area contributed by atoms with E-state index in [4.69, 9.17) is 0 Å². The van der Waals surface area contributed by atoms with Crippen LogP contribution in [0.3, 0.4) is 0 Å². The van der Waals surface area contributed by atoms with Crippen LogP contribution in [0.25, 0.3) is 10.1 Å². The normalized spacial score (nSPS) is 16.1. The molecular formula is C16H19NOS. The van der Waals surface area contributed by atoms with Crippen LogP contribution in [0.15, 0.2) is 30.3 Å². The first-order chi connectivity index (χ1) is 9.29. The third-order valence-electron chi connectivity index (χ3n) is 4.00. The van der Waals surface area contributed by atoms with Crippen molar-refractivity contribution in [2.45, 2.75) is 38.6 Å². The Hall–Kier alpha value is -1.35. The van der Waals surface area contributed by atoms with Crippen LogP contribution in [-0.2, 0) is 0 Å². The van der Waals surface area contributed by atoms with Gasteiger partial charge in [-0.2, -0.15) is 0 Å². The van der Waals surface area contributed by atoms with Gasteiger partial charge in [-0.15, -0.1) is 11.3 Å². The second-order valence-electron chi connectivity index (χ2n) is 5.18. The highest BCUT2D eigenvalue weighted by molar-refractivity contribution is 7.20. The molecule has 1 aromatic heterocycles. The van der Waals surface area contributed by atoms with E-state index in [2.05, 4.69) is 24.0 Å². The van der Waals surface area contributed by atoms with Crippen LogP contribution in [0.5, 0.6) is 0 Å². The fourth-order valence-corrected chi connectivity index (χ4v) is 4.03. The number of nitrogens with zero attached hydrogens (tertiary/aromatic N) is 1. The predicted octanol–water partition coefficient (Wildman–Crippen LogP) is 4.31. The molecule has 3 heteroatoms. The summed E-state index contributed by atoms with van der Waals surface area (Å²) in [7, 11) is 0. The lowest BCUT2D eigenvalue weighted by atomic mass is 10.2. The fraction of sp³-hybridized carbons (Fsp3) is 0.438. The van der Waals surface area contributed by atoms with Gasteiger partial charge in [-0.05, 0) is 37.3 Å². The van der Waals surface area contributed by atoms with E-state index in [1.54, 1.807) is 11.3 Å². The highest BCUT2D eigenvalue weighted by Gasteiger charge is 2.26. The zero-order chi connectivity index (χ0) is 13.2. The summed E-state index contributed by atoms with van der Waals surface area (Å²) in [6.07, 6.45) is 4.87. The number of carbonyl (C=O) groups excluding carboxylic acids is 1. The molecule has 2 nitrogen and oxygen atoms in total. The summed E-state index contributed by atoms with van der Waals surface area (Å²) in [5.74, 6) is 0.218. The Balaban J connectivity index is 1.88. The van der Waals surface area contributed by atoms with Crippen LogP contribution in [-0.4, -0.2) is 23.4 Å². The summed E-state index contributed by atoms with van der Waals surface area (Å²) in [6, 6.07) is 10.7. The first kappa shape index (κ1) is 12.7. The van der Waals surface area contributed by atoms with Crippen molar-refractivity contribution in [1.29, 1.82) is 0 Å². The number of rotatable bonds is 3. The lowest BCUT2D eigenvalue weighted by Gasteiger charge is -2.27. The van der Waals surface area contributed by atoms with Crippen LogP contribution in [0.1, 0.15) is 42.3 Å². The minimum absolute atomic E-state index is 0.218. The predicted molar refractivity (Wildman–Crippen MR) is 80.8 cm³/mol. The summed E-state index contributed by atoms with van der Waals surface area (Å²) in [5, 5.41) is 1.18. The van der Waals surface area contributed by atoms with Crippen LogP contribution in [0.2, 0.25) is 0 Å². The molecule has 0 unspecified atom stereocenters. The molecule has 19 heavy (non-hydrogen) atoms. The van der Waals surface area contributed by atoms with Crippen molar-refractivity contribution in [2.24, 2.45) is 0 Å². The van der Waals surface area contributed by atoms with Crippen molar-refractivity contribution in [3.8, 4) is 0 Å². The van der Waals surface area contributed by atoms with Gasteiger partial charge in [0.25, 0.3) is 5.91 Å². The molecule has 0 N–H and O–H groups in total. The molecule has 0 radical (unpaired) electrons. The lowest BCUT2D eigenvalue weighted by Crippen LogP contribution is -2.38. The van der Waals surface area contributed by atoms with Crippen molar-refractivity contribution < 1.29 is 4.79 Å². The van der Waals surface area contributed by atoms with Crippen molar-refractivity contribution in [3.05, 3.63) is 35.2 Å². The Morgan fingerprint density at radius 3 is 2.74 bits per heavy atom. The molecule has 0 bridgehead atoms. The zero-order valence-corrected chi connectivity index (χ0v) is 12.1. The van der Waals surface area contributed by atoms with Gasteiger partial charge in [0.2, 0.25) is 0 Å². The molecule has 1 aliphatic rings. The summed E-state index contributed by atoms with van der Waals surface area (Å²) >= 11 is 1.62. The summed E-state index contributed by atoms with van der Waals surface area (Å²) in [4.78, 5) is 15.6. The highest BCUT2D eigenvalue weighted by Crippen LogP contribution is 2.29. The molecule has 1 aromatic carbocycles. The molecule has 0 saturated heterocycles. The van der Waals surface area contributed by atoms with Gasteiger partial charge >= 0.3 is 0 Å². The van der Waals surface area contributed by atoms with E-state index < -0.39 is 0 Å². The minimum atomic E-state index is 0.218. The first-order valence-electron chi connectivity index (χ1n) is 7.09. The second kappa shape index (κ2) is 5.33. The van der Waals surface area contributed by atoms with E-state index in [0.717, 1.165) is 11.4 Å². The first-order valence-corrected chi connectivity index (χ1v) is 7.91. The van der Waals surface area contributed by atoms with Crippen molar-refractivity contribution in [1.82, 2.24) is 4.90 Å². The molecule has 3 rings (SSSR count). The maximum Gasteiger partial charge on any atom is 0.264 e. The quantitative estimate of drug-likeness (QED) is 0.816. The fourth-order valence-electron chi connectivity index (χ4n) is 3.01. The van der Waals surface area contributed by atoms with E-state index in [1.165, 1.54) is 35.8 Å². The molecule has 0 atom stereocenters. The smallest absolute Gasteiger partial charge is 0.264 e. The standard InChI is InChI=1S/C16H19NOS/c1-2-17(13-8-4-5-9-13)16(18)15-11-12-7-3-6-10-14(12)19-15/h3,6-7,10-11,13H,2,4-5,8-9H2,1H3. The number of fused-ring (bicyclic) bond motifs is 1. The Bertz CT molecular complexity index is 550. The maximum atomic E-state index is 12.7. The number of hydrogen-bond acceptors (Lipinski definition) is 2. The summed E-state index contributed by atoms with van der Waals surface area (Å²) < 4.78 is 1.20. The van der Waals surface area contributed by atoms with Gasteiger partial charge in [-0.1, -0.05) is 31.0 Å². The molecule has 1 fully saturated rings. The Kier molecular flexibility index (Phi) is 3.56. The Morgan fingerprint density at radius 1 is 1.32 bits per heavy atom. The van der Waals surface area contributed by atoms with Crippen LogP contribution in [0, 0.1) is 0 Å². The second-order valence-corrected chi connectivity index (χ2v) is 6.26. The lowest BCUT2D eigenvalue weighted by molar-refractivity contribution is 0.0698. The van der Waals surface area contributed by atoms with Gasteiger partial charge in [0.05, 0.1) is 4.88 Å². The van der Waals surface area contributed by atoms with Crippen LogP contribution < -0.4 is 0 Å². The van der Waals surface area contributed by atoms with Crippen molar-refractivity contribution in [3.63, 3.8) is 0 Å². The van der Waals surface area contributed by atoms with Gasteiger partial charge in [-0.3, -0.25) is 4.79 Å². The molecule has 1 aliphatic carbocycles. The molecule has 1 saturated carbocycles. The molecule has 1 amide bonds. The molecule has 0 aliphatic heterocycles. The third kappa shape index (κ3) is 2.39. The van der Waals surface area contributed by atoms with Gasteiger partial charge in [0.1, 0.15) is 0 Å². The average molecular weight is 273 g/mol. The van der Waals surface area contributed by atoms with E-state index in [-0.39, 0.29) is 5.91 Å². The topological polar surface area (TPSA) is 20.3 Å². The van der Waals surface area contributed by atoms with E-state index >= 15 is 0 Å². The minimum Gasteiger partial charge on any atom is -0.335 e. The Labute approximate surface area is 118 Å². The highest BCUT2D eigenvalue weighted by atomic mass is 32.1. The maximum absolute atomic E-state index is 12.7. The van der Waals surface area contributed by atoms with Gasteiger partial charge in [0.15, 0.2) is 0 Å². The van der Waals surface area contributed by atoms with Gasteiger partial charge < -0.3 is 4.90 Å². The van der Waals surface area contributed by atoms with E-state index in [1.807, 2.05) is 18.2 Å². The molecule has 0 spiro atoms. The number of carbonyl (C=O) groups is 1. The largest absolute Gasteiger partial charge is 0.335 e. The monoisotopic (exact) mass is 273 g/mol. The van der Waals surface area contributed by atoms with Crippen LogP contribution in [0.4, 0.5) is 0 Å². The number of amides is 1.